The van der Waals surface area contributed by atoms with Gasteiger partial charge in [-0.2, -0.15) is 0 Å². The third kappa shape index (κ3) is 3.01. The molecule has 0 aliphatic carbocycles. The monoisotopic (exact) mass is 262 g/mol. The molecule has 0 amide bonds. The van der Waals surface area contributed by atoms with Crippen LogP contribution in [0.25, 0.3) is 0 Å². The normalized spacial score (nSPS) is 20.1. The van der Waals surface area contributed by atoms with Crippen molar-refractivity contribution in [3.8, 4) is 11.5 Å². The Morgan fingerprint density at radius 2 is 1.79 bits per heavy atom. The van der Waals surface area contributed by atoms with Gasteiger partial charge in [0.2, 0.25) is 0 Å². The molecule has 1 fully saturated rings. The van der Waals surface area contributed by atoms with Crippen LogP contribution in [-0.2, 0) is 6.54 Å². The van der Waals surface area contributed by atoms with Crippen LogP contribution in [-0.4, -0.2) is 44.3 Å². The van der Waals surface area contributed by atoms with E-state index in [1.807, 2.05) is 0 Å². The molecule has 1 N–H and O–H groups in total. The molecule has 2 heterocycles. The lowest BCUT2D eigenvalue weighted by Gasteiger charge is -2.28. The number of hydrogen-bond acceptors (Lipinski definition) is 4. The summed E-state index contributed by atoms with van der Waals surface area (Å²) in [6.07, 6.45) is 0.959. The Bertz CT molecular complexity index is 442. The summed E-state index contributed by atoms with van der Waals surface area (Å²) in [5.74, 6) is 1.81. The standard InChI is InChI=1S/C15H22N2O2/c1-12-9-14-15(19-8-2-7-18-14)10-13(12)11-17-5-3-16-4-6-17/h9-10,16H,2-8,11H2,1H3. The highest BCUT2D eigenvalue weighted by molar-refractivity contribution is 5.47. The first-order chi connectivity index (χ1) is 9.33. The minimum Gasteiger partial charge on any atom is -0.490 e. The first kappa shape index (κ1) is 12.8. The van der Waals surface area contributed by atoms with E-state index in [2.05, 4.69) is 29.3 Å². The number of rotatable bonds is 2. The van der Waals surface area contributed by atoms with Crippen molar-refractivity contribution >= 4 is 0 Å². The summed E-state index contributed by atoms with van der Waals surface area (Å²) in [7, 11) is 0. The van der Waals surface area contributed by atoms with E-state index in [0.717, 1.165) is 63.9 Å². The fraction of sp³-hybridized carbons (Fsp3) is 0.600. The van der Waals surface area contributed by atoms with Crippen LogP contribution in [0.5, 0.6) is 11.5 Å². The Hall–Kier alpha value is -1.26. The van der Waals surface area contributed by atoms with Gasteiger partial charge < -0.3 is 14.8 Å². The quantitative estimate of drug-likeness (QED) is 0.877. The highest BCUT2D eigenvalue weighted by Crippen LogP contribution is 2.33. The lowest BCUT2D eigenvalue weighted by molar-refractivity contribution is 0.232. The van der Waals surface area contributed by atoms with E-state index in [0.29, 0.717) is 0 Å². The average Bonchev–Trinajstić information content (AvgIpc) is 2.65. The molecule has 0 radical (unpaired) electrons. The van der Waals surface area contributed by atoms with E-state index < -0.39 is 0 Å². The molecular weight excluding hydrogens is 240 g/mol. The second-order valence-electron chi connectivity index (χ2n) is 5.30. The molecule has 104 valence electrons. The number of benzene rings is 1. The molecule has 19 heavy (non-hydrogen) atoms. The Morgan fingerprint density at radius 1 is 1.11 bits per heavy atom. The third-order valence-electron chi connectivity index (χ3n) is 3.81. The number of piperazine rings is 1. The summed E-state index contributed by atoms with van der Waals surface area (Å²) < 4.78 is 11.5. The van der Waals surface area contributed by atoms with Crippen molar-refractivity contribution in [2.75, 3.05) is 39.4 Å². The maximum atomic E-state index is 5.78. The van der Waals surface area contributed by atoms with Crippen molar-refractivity contribution in [3.63, 3.8) is 0 Å². The maximum absolute atomic E-state index is 5.78. The summed E-state index contributed by atoms with van der Waals surface area (Å²) in [6, 6.07) is 4.29. The molecule has 3 rings (SSSR count). The topological polar surface area (TPSA) is 33.7 Å². The maximum Gasteiger partial charge on any atom is 0.161 e. The van der Waals surface area contributed by atoms with Crippen molar-refractivity contribution in [1.29, 1.82) is 0 Å². The minimum atomic E-state index is 0.753. The van der Waals surface area contributed by atoms with Gasteiger partial charge in [0.1, 0.15) is 0 Å². The Morgan fingerprint density at radius 3 is 2.53 bits per heavy atom. The Labute approximate surface area is 114 Å². The predicted octanol–water partition coefficient (Wildman–Crippen LogP) is 1.56. The highest BCUT2D eigenvalue weighted by Gasteiger charge is 2.16. The molecule has 2 aliphatic heterocycles. The molecule has 0 unspecified atom stereocenters. The van der Waals surface area contributed by atoms with Gasteiger partial charge in [0.25, 0.3) is 0 Å². The van der Waals surface area contributed by atoms with Gasteiger partial charge in [0, 0.05) is 39.1 Å². The zero-order valence-corrected chi connectivity index (χ0v) is 11.6. The van der Waals surface area contributed by atoms with Crippen molar-refractivity contribution in [1.82, 2.24) is 10.2 Å². The molecule has 0 saturated carbocycles. The van der Waals surface area contributed by atoms with Crippen molar-refractivity contribution < 1.29 is 9.47 Å². The number of nitrogens with one attached hydrogen (secondary N) is 1. The van der Waals surface area contributed by atoms with Crippen LogP contribution in [0.3, 0.4) is 0 Å². The molecule has 4 nitrogen and oxygen atoms in total. The largest absolute Gasteiger partial charge is 0.490 e. The third-order valence-corrected chi connectivity index (χ3v) is 3.81. The van der Waals surface area contributed by atoms with Gasteiger partial charge in [-0.05, 0) is 30.2 Å². The Balaban J connectivity index is 1.78. The van der Waals surface area contributed by atoms with Crippen LogP contribution >= 0.6 is 0 Å². The van der Waals surface area contributed by atoms with Gasteiger partial charge in [0.15, 0.2) is 11.5 Å². The van der Waals surface area contributed by atoms with Crippen molar-refractivity contribution in [2.24, 2.45) is 0 Å². The van der Waals surface area contributed by atoms with Gasteiger partial charge in [-0.3, -0.25) is 4.90 Å². The number of ether oxygens (including phenoxy) is 2. The van der Waals surface area contributed by atoms with E-state index in [9.17, 15) is 0 Å². The van der Waals surface area contributed by atoms with Gasteiger partial charge in [-0.1, -0.05) is 0 Å². The van der Waals surface area contributed by atoms with Gasteiger partial charge in [0.05, 0.1) is 13.2 Å². The van der Waals surface area contributed by atoms with E-state index >= 15 is 0 Å². The van der Waals surface area contributed by atoms with Crippen LogP contribution in [0, 0.1) is 6.92 Å². The smallest absolute Gasteiger partial charge is 0.161 e. The minimum absolute atomic E-state index is 0.753. The first-order valence-corrected chi connectivity index (χ1v) is 7.15. The van der Waals surface area contributed by atoms with E-state index in [1.165, 1.54) is 11.1 Å². The molecule has 1 aromatic carbocycles. The predicted molar refractivity (Wildman–Crippen MR) is 74.9 cm³/mol. The first-order valence-electron chi connectivity index (χ1n) is 7.15. The summed E-state index contributed by atoms with van der Waals surface area (Å²) in [5, 5.41) is 3.39. The summed E-state index contributed by atoms with van der Waals surface area (Å²) in [4.78, 5) is 2.49. The molecule has 4 heteroatoms. The zero-order chi connectivity index (χ0) is 13.1. The fourth-order valence-corrected chi connectivity index (χ4v) is 2.63. The summed E-state index contributed by atoms with van der Waals surface area (Å²) in [6.45, 7) is 9.08. The lowest BCUT2D eigenvalue weighted by atomic mass is 10.1. The molecule has 0 atom stereocenters. The fourth-order valence-electron chi connectivity index (χ4n) is 2.63. The van der Waals surface area contributed by atoms with E-state index in [-0.39, 0.29) is 0 Å². The lowest BCUT2D eigenvalue weighted by Crippen LogP contribution is -2.43. The number of aryl methyl sites for hydroxylation is 1. The molecule has 1 saturated heterocycles. The van der Waals surface area contributed by atoms with Crippen LogP contribution in [0.15, 0.2) is 12.1 Å². The van der Waals surface area contributed by atoms with Crippen LogP contribution in [0.2, 0.25) is 0 Å². The zero-order valence-electron chi connectivity index (χ0n) is 11.6. The van der Waals surface area contributed by atoms with Crippen molar-refractivity contribution in [3.05, 3.63) is 23.3 Å². The summed E-state index contributed by atoms with van der Waals surface area (Å²) >= 11 is 0. The van der Waals surface area contributed by atoms with E-state index in [4.69, 9.17) is 9.47 Å². The molecule has 0 bridgehead atoms. The number of fused-ring (bicyclic) bond motifs is 1. The average molecular weight is 262 g/mol. The summed E-state index contributed by atoms with van der Waals surface area (Å²) in [5.41, 5.74) is 2.65. The van der Waals surface area contributed by atoms with Crippen LogP contribution < -0.4 is 14.8 Å². The molecule has 2 aliphatic rings. The van der Waals surface area contributed by atoms with Gasteiger partial charge in [-0.15, -0.1) is 0 Å². The van der Waals surface area contributed by atoms with Gasteiger partial charge >= 0.3 is 0 Å². The molecule has 0 aromatic heterocycles. The van der Waals surface area contributed by atoms with Gasteiger partial charge in [-0.25, -0.2) is 0 Å². The van der Waals surface area contributed by atoms with Crippen molar-refractivity contribution in [2.45, 2.75) is 19.9 Å². The van der Waals surface area contributed by atoms with Crippen LogP contribution in [0.4, 0.5) is 0 Å². The second-order valence-corrected chi connectivity index (χ2v) is 5.30. The number of nitrogens with zero attached hydrogens (tertiary/aromatic N) is 1. The highest BCUT2D eigenvalue weighted by atomic mass is 16.5. The molecular formula is C15H22N2O2. The van der Waals surface area contributed by atoms with E-state index in [1.54, 1.807) is 0 Å². The number of hydrogen-bond donors (Lipinski definition) is 1. The molecule has 0 spiro atoms. The SMILES string of the molecule is Cc1cc2c(cc1CN1CCNCC1)OCCCO2. The Kier molecular flexibility index (Phi) is 3.89. The second kappa shape index (κ2) is 5.80. The van der Waals surface area contributed by atoms with Crippen LogP contribution in [0.1, 0.15) is 17.5 Å². The molecule has 1 aromatic rings.